The summed E-state index contributed by atoms with van der Waals surface area (Å²) in [5.74, 6) is -0.389. The number of hydrogen-bond acceptors (Lipinski definition) is 1. The van der Waals surface area contributed by atoms with E-state index in [9.17, 15) is 9.18 Å². The summed E-state index contributed by atoms with van der Waals surface area (Å²) in [4.78, 5) is 10.6. The van der Waals surface area contributed by atoms with Gasteiger partial charge in [0.2, 0.25) is 0 Å². The number of rotatable bonds is 1. The van der Waals surface area contributed by atoms with Crippen LogP contribution < -0.4 is 0 Å². The van der Waals surface area contributed by atoms with Gasteiger partial charge in [0.15, 0.2) is 6.29 Å². The molecule has 0 heterocycles. The van der Waals surface area contributed by atoms with E-state index in [0.717, 1.165) is 11.1 Å². The molecule has 0 aliphatic heterocycles. The molecule has 0 aliphatic carbocycles. The van der Waals surface area contributed by atoms with E-state index in [4.69, 9.17) is 0 Å². The minimum Gasteiger partial charge on any atom is -0.298 e. The van der Waals surface area contributed by atoms with Crippen molar-refractivity contribution in [3.8, 4) is 0 Å². The van der Waals surface area contributed by atoms with E-state index in [1.165, 1.54) is 6.07 Å². The van der Waals surface area contributed by atoms with Gasteiger partial charge in [-0.05, 0) is 47.0 Å². The number of aldehydes is 1. The SMILES string of the molecule is Cc1cc(F)c(Br)c(C=O)c1C. The zero-order valence-corrected chi connectivity index (χ0v) is 8.40. The summed E-state index contributed by atoms with van der Waals surface area (Å²) in [7, 11) is 0. The molecule has 0 bridgehead atoms. The highest BCUT2D eigenvalue weighted by Gasteiger charge is 2.10. The summed E-state index contributed by atoms with van der Waals surface area (Å²) in [6, 6.07) is 1.41. The van der Waals surface area contributed by atoms with Gasteiger partial charge in [0.1, 0.15) is 5.82 Å². The first-order valence-electron chi connectivity index (χ1n) is 3.48. The molecule has 1 aromatic carbocycles. The normalized spacial score (nSPS) is 10.0. The minimum absolute atomic E-state index is 0.251. The molecule has 12 heavy (non-hydrogen) atoms. The summed E-state index contributed by atoms with van der Waals surface area (Å²) in [5, 5.41) is 0. The van der Waals surface area contributed by atoms with Crippen molar-refractivity contribution in [3.05, 3.63) is 33.0 Å². The van der Waals surface area contributed by atoms with Crippen molar-refractivity contribution in [3.63, 3.8) is 0 Å². The Kier molecular flexibility index (Phi) is 2.62. The molecule has 0 radical (unpaired) electrons. The lowest BCUT2D eigenvalue weighted by Gasteiger charge is -2.06. The molecule has 0 amide bonds. The zero-order chi connectivity index (χ0) is 9.30. The molecular formula is C9H8BrFO. The molecule has 0 N–H and O–H groups in total. The first kappa shape index (κ1) is 9.39. The quantitative estimate of drug-likeness (QED) is 0.679. The highest BCUT2D eigenvalue weighted by molar-refractivity contribution is 9.10. The lowest BCUT2D eigenvalue weighted by atomic mass is 10.0. The Labute approximate surface area is 78.7 Å². The van der Waals surface area contributed by atoms with Crippen molar-refractivity contribution in [2.75, 3.05) is 0 Å². The number of hydrogen-bond donors (Lipinski definition) is 0. The van der Waals surface area contributed by atoms with Crippen LogP contribution in [0.5, 0.6) is 0 Å². The molecule has 1 rings (SSSR count). The van der Waals surface area contributed by atoms with E-state index in [2.05, 4.69) is 15.9 Å². The van der Waals surface area contributed by atoms with E-state index in [0.29, 0.717) is 11.8 Å². The summed E-state index contributed by atoms with van der Waals surface area (Å²) < 4.78 is 13.3. The van der Waals surface area contributed by atoms with Crippen molar-refractivity contribution in [2.24, 2.45) is 0 Å². The van der Waals surface area contributed by atoms with Crippen molar-refractivity contribution in [1.82, 2.24) is 0 Å². The Hall–Kier alpha value is -0.700. The third-order valence-corrected chi connectivity index (χ3v) is 2.71. The molecule has 1 nitrogen and oxygen atoms in total. The standard InChI is InChI=1S/C9H8BrFO/c1-5-3-8(11)9(10)7(4-12)6(5)2/h3-4H,1-2H3. The molecule has 0 atom stereocenters. The number of aryl methyl sites for hydroxylation is 1. The van der Waals surface area contributed by atoms with Gasteiger partial charge >= 0.3 is 0 Å². The molecule has 0 aromatic heterocycles. The van der Waals surface area contributed by atoms with Gasteiger partial charge in [0.25, 0.3) is 0 Å². The third kappa shape index (κ3) is 1.41. The van der Waals surface area contributed by atoms with Gasteiger partial charge in [-0.15, -0.1) is 0 Å². The molecule has 0 saturated carbocycles. The molecule has 64 valence electrons. The molecule has 3 heteroatoms. The van der Waals surface area contributed by atoms with Crippen LogP contribution in [0, 0.1) is 19.7 Å². The Balaban J connectivity index is 3.52. The van der Waals surface area contributed by atoms with Crippen molar-refractivity contribution in [1.29, 1.82) is 0 Å². The average molecular weight is 231 g/mol. The second-order valence-electron chi connectivity index (χ2n) is 2.65. The van der Waals surface area contributed by atoms with E-state index in [-0.39, 0.29) is 10.3 Å². The Morgan fingerprint density at radius 3 is 2.58 bits per heavy atom. The highest BCUT2D eigenvalue weighted by Crippen LogP contribution is 2.24. The number of carbonyl (C=O) groups is 1. The van der Waals surface area contributed by atoms with Gasteiger partial charge in [-0.3, -0.25) is 4.79 Å². The van der Waals surface area contributed by atoms with Crippen LogP contribution in [0.2, 0.25) is 0 Å². The van der Waals surface area contributed by atoms with Gasteiger partial charge in [-0.1, -0.05) is 0 Å². The Morgan fingerprint density at radius 1 is 1.50 bits per heavy atom. The van der Waals surface area contributed by atoms with Crippen molar-refractivity contribution in [2.45, 2.75) is 13.8 Å². The molecule has 0 unspecified atom stereocenters. The molecule has 1 aromatic rings. The molecule has 0 spiro atoms. The van der Waals surface area contributed by atoms with Crippen LogP contribution in [0.3, 0.4) is 0 Å². The number of halogens is 2. The van der Waals surface area contributed by atoms with Gasteiger partial charge in [-0.25, -0.2) is 4.39 Å². The monoisotopic (exact) mass is 230 g/mol. The fourth-order valence-electron chi connectivity index (χ4n) is 1.01. The average Bonchev–Trinajstić information content (AvgIpc) is 2.02. The maximum atomic E-state index is 13.0. The van der Waals surface area contributed by atoms with Crippen LogP contribution in [-0.2, 0) is 0 Å². The van der Waals surface area contributed by atoms with E-state index < -0.39 is 0 Å². The largest absolute Gasteiger partial charge is 0.298 e. The van der Waals surface area contributed by atoms with E-state index in [1.54, 1.807) is 13.8 Å². The fraction of sp³-hybridized carbons (Fsp3) is 0.222. The van der Waals surface area contributed by atoms with E-state index >= 15 is 0 Å². The Morgan fingerprint density at radius 2 is 2.08 bits per heavy atom. The Bertz CT molecular complexity index is 308. The van der Waals surface area contributed by atoms with Gasteiger partial charge in [-0.2, -0.15) is 0 Å². The topological polar surface area (TPSA) is 17.1 Å². The maximum absolute atomic E-state index is 13.0. The van der Waals surface area contributed by atoms with Crippen LogP contribution in [-0.4, -0.2) is 6.29 Å². The lowest BCUT2D eigenvalue weighted by molar-refractivity contribution is 0.112. The summed E-state index contributed by atoms with van der Waals surface area (Å²) >= 11 is 3.02. The van der Waals surface area contributed by atoms with Crippen LogP contribution in [0.1, 0.15) is 21.5 Å². The molecule has 0 aliphatic rings. The van der Waals surface area contributed by atoms with Gasteiger partial charge < -0.3 is 0 Å². The summed E-state index contributed by atoms with van der Waals surface area (Å²) in [5.41, 5.74) is 2.00. The zero-order valence-electron chi connectivity index (χ0n) is 6.82. The van der Waals surface area contributed by atoms with Crippen LogP contribution in [0.15, 0.2) is 10.5 Å². The first-order valence-corrected chi connectivity index (χ1v) is 4.27. The fourth-order valence-corrected chi connectivity index (χ4v) is 1.51. The lowest BCUT2D eigenvalue weighted by Crippen LogP contribution is -1.95. The number of carbonyl (C=O) groups excluding carboxylic acids is 1. The third-order valence-electron chi connectivity index (χ3n) is 1.90. The smallest absolute Gasteiger partial charge is 0.151 e. The minimum atomic E-state index is -0.389. The second kappa shape index (κ2) is 3.35. The number of benzene rings is 1. The maximum Gasteiger partial charge on any atom is 0.151 e. The predicted molar refractivity (Wildman–Crippen MR) is 49.0 cm³/mol. The molecule has 0 saturated heterocycles. The van der Waals surface area contributed by atoms with E-state index in [1.807, 2.05) is 0 Å². The summed E-state index contributed by atoms with van der Waals surface area (Å²) in [6.07, 6.45) is 0.662. The van der Waals surface area contributed by atoms with Gasteiger partial charge in [0, 0.05) is 5.56 Å². The van der Waals surface area contributed by atoms with Crippen LogP contribution in [0.4, 0.5) is 4.39 Å². The first-order chi connectivity index (χ1) is 5.57. The molecule has 0 fully saturated rings. The highest BCUT2D eigenvalue weighted by atomic mass is 79.9. The van der Waals surface area contributed by atoms with Crippen LogP contribution >= 0.6 is 15.9 Å². The van der Waals surface area contributed by atoms with Crippen molar-refractivity contribution < 1.29 is 9.18 Å². The summed E-state index contributed by atoms with van der Waals surface area (Å²) in [6.45, 7) is 3.57. The molecular weight excluding hydrogens is 223 g/mol. The van der Waals surface area contributed by atoms with Crippen molar-refractivity contribution >= 4 is 22.2 Å². The predicted octanol–water partition coefficient (Wildman–Crippen LogP) is 3.02. The van der Waals surface area contributed by atoms with Crippen LogP contribution in [0.25, 0.3) is 0 Å². The van der Waals surface area contributed by atoms with Gasteiger partial charge in [0.05, 0.1) is 4.47 Å². The second-order valence-corrected chi connectivity index (χ2v) is 3.44.